The fourth-order valence-corrected chi connectivity index (χ4v) is 4.53. The van der Waals surface area contributed by atoms with Crippen molar-refractivity contribution in [3.63, 3.8) is 0 Å². The van der Waals surface area contributed by atoms with Crippen molar-refractivity contribution in [2.75, 3.05) is 4.90 Å². The van der Waals surface area contributed by atoms with Gasteiger partial charge in [0.2, 0.25) is 5.91 Å². The van der Waals surface area contributed by atoms with Crippen molar-refractivity contribution in [2.24, 2.45) is 0 Å². The van der Waals surface area contributed by atoms with Crippen LogP contribution in [0.1, 0.15) is 32.6 Å². The molecule has 126 valence electrons. The smallest absolute Gasteiger partial charge is 0.344 e. The van der Waals surface area contributed by atoms with Crippen LogP contribution in [0.4, 0.5) is 5.69 Å². The van der Waals surface area contributed by atoms with Crippen molar-refractivity contribution in [3.05, 3.63) is 24.3 Å². The first kappa shape index (κ1) is 15.5. The molecule has 4 rings (SSSR count). The molecular formula is C17H18N2O4S. The Kier molecular flexibility index (Phi) is 3.56. The molecule has 0 spiro atoms. The number of hydrogen-bond acceptors (Lipinski definition) is 5. The van der Waals surface area contributed by atoms with Gasteiger partial charge >= 0.3 is 5.97 Å². The zero-order chi connectivity index (χ0) is 16.9. The summed E-state index contributed by atoms with van der Waals surface area (Å²) in [6.07, 6.45) is 1.78. The van der Waals surface area contributed by atoms with E-state index in [0.717, 1.165) is 23.4 Å². The van der Waals surface area contributed by atoms with E-state index in [9.17, 15) is 14.4 Å². The monoisotopic (exact) mass is 346 g/mol. The second-order valence-electron chi connectivity index (χ2n) is 6.41. The lowest BCUT2D eigenvalue weighted by Gasteiger charge is -2.29. The number of nitrogens with zero attached hydrogens (tertiary/aromatic N) is 1. The molecule has 2 atom stereocenters. The highest BCUT2D eigenvalue weighted by molar-refractivity contribution is 8.02. The lowest BCUT2D eigenvalue weighted by Crippen LogP contribution is -2.50. The van der Waals surface area contributed by atoms with Crippen molar-refractivity contribution >= 4 is 35.2 Å². The summed E-state index contributed by atoms with van der Waals surface area (Å²) in [4.78, 5) is 38.6. The van der Waals surface area contributed by atoms with Crippen molar-refractivity contribution in [3.8, 4) is 0 Å². The van der Waals surface area contributed by atoms with Gasteiger partial charge in [-0.15, -0.1) is 0 Å². The van der Waals surface area contributed by atoms with E-state index < -0.39 is 16.9 Å². The zero-order valence-corrected chi connectivity index (χ0v) is 14.1. The lowest BCUT2D eigenvalue weighted by atomic mass is 10.2. The quantitative estimate of drug-likeness (QED) is 0.842. The van der Waals surface area contributed by atoms with Crippen LogP contribution in [0.5, 0.6) is 0 Å². The molecule has 2 aliphatic heterocycles. The van der Waals surface area contributed by atoms with Crippen LogP contribution >= 0.6 is 11.8 Å². The SMILES string of the molecule is C[C@@H](OC(=O)[C@]12CCC(=O)N1c1ccccc1S2)C(=O)NC1CC1. The van der Waals surface area contributed by atoms with Gasteiger partial charge in [-0.1, -0.05) is 23.9 Å². The van der Waals surface area contributed by atoms with E-state index in [1.165, 1.54) is 11.8 Å². The predicted octanol–water partition coefficient (Wildman–Crippen LogP) is 1.83. The number of para-hydroxylation sites is 1. The summed E-state index contributed by atoms with van der Waals surface area (Å²) in [6.45, 7) is 1.57. The minimum absolute atomic E-state index is 0.0838. The molecule has 2 fully saturated rings. The van der Waals surface area contributed by atoms with Crippen LogP contribution < -0.4 is 10.2 Å². The van der Waals surface area contributed by atoms with Gasteiger partial charge in [0.05, 0.1) is 5.69 Å². The molecule has 1 aromatic carbocycles. The van der Waals surface area contributed by atoms with Crippen molar-refractivity contribution in [2.45, 2.75) is 54.5 Å². The number of amides is 2. The van der Waals surface area contributed by atoms with E-state index in [-0.39, 0.29) is 17.9 Å². The molecular weight excluding hydrogens is 328 g/mol. The maximum Gasteiger partial charge on any atom is 0.344 e. The summed E-state index contributed by atoms with van der Waals surface area (Å²) in [5, 5.41) is 2.83. The molecule has 7 heteroatoms. The molecule has 1 aromatic rings. The summed E-state index contributed by atoms with van der Waals surface area (Å²) in [6, 6.07) is 7.67. The van der Waals surface area contributed by atoms with Crippen LogP contribution in [0.15, 0.2) is 29.2 Å². The molecule has 0 aromatic heterocycles. The number of fused-ring (bicyclic) bond motifs is 3. The molecule has 0 radical (unpaired) electrons. The third kappa shape index (κ3) is 2.38. The second kappa shape index (κ2) is 5.51. The number of anilines is 1. The summed E-state index contributed by atoms with van der Waals surface area (Å²) in [5.74, 6) is -0.883. The Bertz CT molecular complexity index is 733. The van der Waals surface area contributed by atoms with Crippen LogP contribution in [0, 0.1) is 0 Å². The number of benzene rings is 1. The van der Waals surface area contributed by atoms with E-state index in [2.05, 4.69) is 5.32 Å². The molecule has 24 heavy (non-hydrogen) atoms. The summed E-state index contributed by atoms with van der Waals surface area (Å²) < 4.78 is 5.44. The maximum absolute atomic E-state index is 12.9. The normalized spacial score (nSPS) is 25.9. The Morgan fingerprint density at radius 1 is 1.38 bits per heavy atom. The Hall–Kier alpha value is -2.02. The number of rotatable bonds is 4. The van der Waals surface area contributed by atoms with Gasteiger partial charge in [0.25, 0.3) is 5.91 Å². The average molecular weight is 346 g/mol. The van der Waals surface area contributed by atoms with Gasteiger partial charge in [0, 0.05) is 23.8 Å². The van der Waals surface area contributed by atoms with Gasteiger partial charge in [-0.2, -0.15) is 0 Å². The number of hydrogen-bond donors (Lipinski definition) is 1. The van der Waals surface area contributed by atoms with Gasteiger partial charge in [-0.05, 0) is 31.9 Å². The van der Waals surface area contributed by atoms with Gasteiger partial charge in [0.1, 0.15) is 0 Å². The summed E-state index contributed by atoms with van der Waals surface area (Å²) >= 11 is 1.34. The van der Waals surface area contributed by atoms with E-state index >= 15 is 0 Å². The van der Waals surface area contributed by atoms with E-state index in [1.54, 1.807) is 11.8 Å². The number of ether oxygens (including phenoxy) is 1. The molecule has 2 amide bonds. The maximum atomic E-state index is 12.9. The first-order valence-corrected chi connectivity index (χ1v) is 8.95. The fraction of sp³-hybridized carbons (Fsp3) is 0.471. The van der Waals surface area contributed by atoms with Gasteiger partial charge in [-0.25, -0.2) is 4.79 Å². The van der Waals surface area contributed by atoms with Gasteiger partial charge in [-0.3, -0.25) is 14.5 Å². The number of thioether (sulfide) groups is 1. The highest BCUT2D eigenvalue weighted by atomic mass is 32.2. The number of carbonyl (C=O) groups excluding carboxylic acids is 3. The summed E-state index contributed by atoms with van der Waals surface area (Å²) in [7, 11) is 0. The highest BCUT2D eigenvalue weighted by Crippen LogP contribution is 2.56. The largest absolute Gasteiger partial charge is 0.450 e. The Morgan fingerprint density at radius 3 is 2.88 bits per heavy atom. The Morgan fingerprint density at radius 2 is 2.12 bits per heavy atom. The van der Waals surface area contributed by atoms with Crippen LogP contribution in [0.25, 0.3) is 0 Å². The minimum Gasteiger partial charge on any atom is -0.450 e. The fourth-order valence-electron chi connectivity index (χ4n) is 3.12. The van der Waals surface area contributed by atoms with Crippen molar-refractivity contribution < 1.29 is 19.1 Å². The highest BCUT2D eigenvalue weighted by Gasteiger charge is 2.59. The molecule has 2 heterocycles. The van der Waals surface area contributed by atoms with E-state index in [4.69, 9.17) is 4.74 Å². The Balaban J connectivity index is 1.55. The number of nitrogens with one attached hydrogen (secondary N) is 1. The number of esters is 1. The van der Waals surface area contributed by atoms with Crippen LogP contribution in [-0.2, 0) is 19.1 Å². The Labute approximate surface area is 143 Å². The van der Waals surface area contributed by atoms with Crippen LogP contribution in [0.2, 0.25) is 0 Å². The summed E-state index contributed by atoms with van der Waals surface area (Å²) in [5.41, 5.74) is 0.747. The molecule has 3 aliphatic rings. The average Bonchev–Trinajstić information content (AvgIpc) is 3.21. The molecule has 0 unspecified atom stereocenters. The third-order valence-electron chi connectivity index (χ3n) is 4.57. The minimum atomic E-state index is -1.07. The van der Waals surface area contributed by atoms with Gasteiger partial charge in [0.15, 0.2) is 11.0 Å². The number of carbonyl (C=O) groups is 3. The molecule has 1 aliphatic carbocycles. The van der Waals surface area contributed by atoms with Gasteiger partial charge < -0.3 is 10.1 Å². The zero-order valence-electron chi connectivity index (χ0n) is 13.3. The van der Waals surface area contributed by atoms with E-state index in [0.29, 0.717) is 12.8 Å². The van der Waals surface area contributed by atoms with E-state index in [1.807, 2.05) is 24.3 Å². The van der Waals surface area contributed by atoms with Crippen LogP contribution in [0.3, 0.4) is 0 Å². The molecule has 1 N–H and O–H groups in total. The van der Waals surface area contributed by atoms with Crippen molar-refractivity contribution in [1.82, 2.24) is 5.32 Å². The standard InChI is InChI=1S/C17H18N2O4S/c1-10(15(21)18-11-6-7-11)23-16(22)17-9-8-14(20)19(17)12-4-2-3-5-13(12)24-17/h2-5,10-11H,6-9H2,1H3,(H,18,21)/t10-,17-/m1/s1. The first-order chi connectivity index (χ1) is 11.5. The lowest BCUT2D eigenvalue weighted by molar-refractivity contribution is -0.157. The first-order valence-electron chi connectivity index (χ1n) is 8.14. The molecule has 1 saturated heterocycles. The third-order valence-corrected chi connectivity index (χ3v) is 6.03. The molecule has 0 bridgehead atoms. The van der Waals surface area contributed by atoms with Crippen molar-refractivity contribution in [1.29, 1.82) is 0 Å². The molecule has 1 saturated carbocycles. The second-order valence-corrected chi connectivity index (χ2v) is 7.73. The predicted molar refractivity (Wildman–Crippen MR) is 88.5 cm³/mol. The topological polar surface area (TPSA) is 75.7 Å². The molecule has 6 nitrogen and oxygen atoms in total. The van der Waals surface area contributed by atoms with Crippen LogP contribution in [-0.4, -0.2) is 34.8 Å².